The molecule has 0 radical (unpaired) electrons. The molecule has 2 saturated carbocycles. The van der Waals surface area contributed by atoms with Gasteiger partial charge in [0.2, 0.25) is 0 Å². The lowest BCUT2D eigenvalue weighted by Crippen LogP contribution is -2.45. The molecule has 0 amide bonds. The summed E-state index contributed by atoms with van der Waals surface area (Å²) in [5.74, 6) is 1.48. The molecule has 2 aromatic rings. The van der Waals surface area contributed by atoms with Crippen molar-refractivity contribution in [2.24, 2.45) is 23.2 Å². The number of carboxylic acids is 1. The van der Waals surface area contributed by atoms with Gasteiger partial charge < -0.3 is 14.9 Å². The number of fused-ring (bicyclic) bond motifs is 5. The molecule has 2 aromatic carbocycles. The summed E-state index contributed by atoms with van der Waals surface area (Å²) in [4.78, 5) is 11.5. The first-order valence-electron chi connectivity index (χ1n) is 11.6. The highest BCUT2D eigenvalue weighted by atomic mass is 16.5. The lowest BCUT2D eigenvalue weighted by molar-refractivity contribution is -0.139. The number of aryl methyl sites for hydroxylation is 1. The quantitative estimate of drug-likeness (QED) is 0.699. The van der Waals surface area contributed by atoms with Crippen LogP contribution in [0.4, 0.5) is 0 Å². The highest BCUT2D eigenvalue weighted by Crippen LogP contribution is 2.63. The molecule has 5 rings (SSSR count). The van der Waals surface area contributed by atoms with Crippen LogP contribution in [0.15, 0.2) is 48.5 Å². The van der Waals surface area contributed by atoms with Crippen LogP contribution in [-0.4, -0.2) is 22.3 Å². The number of carboxylic acid groups (broad SMARTS) is 1. The van der Waals surface area contributed by atoms with Crippen molar-refractivity contribution in [3.8, 4) is 5.75 Å². The Morgan fingerprint density at radius 3 is 2.74 bits per heavy atom. The molecular weight excluding hydrogens is 388 g/mol. The van der Waals surface area contributed by atoms with Gasteiger partial charge in [-0.2, -0.15) is 0 Å². The molecule has 4 unspecified atom stereocenters. The van der Waals surface area contributed by atoms with E-state index in [1.54, 1.807) is 0 Å². The van der Waals surface area contributed by atoms with E-state index >= 15 is 0 Å². The maximum absolute atomic E-state index is 11.5. The third-order valence-electron chi connectivity index (χ3n) is 8.47. The molecule has 164 valence electrons. The van der Waals surface area contributed by atoms with Crippen LogP contribution in [0.1, 0.15) is 61.6 Å². The summed E-state index contributed by atoms with van der Waals surface area (Å²) in [5.41, 5.74) is 3.82. The number of hydrogen-bond donors (Lipinski definition) is 2. The van der Waals surface area contributed by atoms with Crippen molar-refractivity contribution in [3.05, 3.63) is 65.2 Å². The van der Waals surface area contributed by atoms with Crippen LogP contribution >= 0.6 is 0 Å². The Labute approximate surface area is 184 Å². The summed E-state index contributed by atoms with van der Waals surface area (Å²) < 4.78 is 6.06. The minimum atomic E-state index is -0.736. The van der Waals surface area contributed by atoms with Crippen LogP contribution < -0.4 is 4.74 Å². The summed E-state index contributed by atoms with van der Waals surface area (Å²) in [5, 5.41) is 20.3. The molecule has 2 N–H and O–H groups in total. The first kappa shape index (κ1) is 20.6. The summed E-state index contributed by atoms with van der Waals surface area (Å²) in [6.07, 6.45) is 4.56. The Morgan fingerprint density at radius 2 is 1.97 bits per heavy atom. The van der Waals surface area contributed by atoms with E-state index in [1.165, 1.54) is 11.1 Å². The zero-order chi connectivity index (χ0) is 21.6. The largest absolute Gasteiger partial charge is 0.489 e. The van der Waals surface area contributed by atoms with Crippen LogP contribution in [0.25, 0.3) is 0 Å². The maximum Gasteiger partial charge on any atom is 0.303 e. The van der Waals surface area contributed by atoms with Gasteiger partial charge in [-0.05, 0) is 90.0 Å². The Morgan fingerprint density at radius 1 is 1.16 bits per heavy atom. The first-order chi connectivity index (χ1) is 15.0. The summed E-state index contributed by atoms with van der Waals surface area (Å²) in [7, 11) is 0. The fourth-order valence-corrected chi connectivity index (χ4v) is 7.08. The van der Waals surface area contributed by atoms with Gasteiger partial charge in [0.15, 0.2) is 0 Å². The van der Waals surface area contributed by atoms with Crippen LogP contribution in [0.5, 0.6) is 5.75 Å². The maximum atomic E-state index is 11.5. The molecule has 0 heterocycles. The van der Waals surface area contributed by atoms with Gasteiger partial charge >= 0.3 is 5.97 Å². The van der Waals surface area contributed by atoms with E-state index in [2.05, 4.69) is 37.3 Å². The van der Waals surface area contributed by atoms with Crippen LogP contribution in [0, 0.1) is 23.2 Å². The van der Waals surface area contributed by atoms with E-state index in [1.807, 2.05) is 18.2 Å². The Balaban J connectivity index is 1.37. The van der Waals surface area contributed by atoms with Gasteiger partial charge in [0.1, 0.15) is 12.4 Å². The van der Waals surface area contributed by atoms with E-state index in [0.29, 0.717) is 30.8 Å². The predicted molar refractivity (Wildman–Crippen MR) is 119 cm³/mol. The average molecular weight is 421 g/mol. The number of carbonyl (C=O) groups is 1. The zero-order valence-corrected chi connectivity index (χ0v) is 18.2. The fraction of sp³-hybridized carbons (Fsp3) is 0.519. The smallest absolute Gasteiger partial charge is 0.303 e. The van der Waals surface area contributed by atoms with Gasteiger partial charge in [0, 0.05) is 6.42 Å². The van der Waals surface area contributed by atoms with Gasteiger partial charge in [-0.1, -0.05) is 43.3 Å². The number of aliphatic hydroxyl groups is 1. The highest BCUT2D eigenvalue weighted by Gasteiger charge is 2.58. The van der Waals surface area contributed by atoms with Crippen molar-refractivity contribution < 1.29 is 19.7 Å². The van der Waals surface area contributed by atoms with Crippen LogP contribution in [0.2, 0.25) is 0 Å². The van der Waals surface area contributed by atoms with E-state index in [9.17, 15) is 15.0 Å². The predicted octanol–water partition coefficient (Wildman–Crippen LogP) is 5.18. The molecule has 0 bridgehead atoms. The molecule has 3 aliphatic carbocycles. The number of aliphatic carboxylic acids is 1. The van der Waals surface area contributed by atoms with Gasteiger partial charge in [-0.3, -0.25) is 4.79 Å². The lowest BCUT2D eigenvalue weighted by atomic mass is 9.54. The molecule has 4 heteroatoms. The Hall–Kier alpha value is -2.33. The van der Waals surface area contributed by atoms with Gasteiger partial charge in [-0.15, -0.1) is 0 Å². The standard InChI is InChI=1S/C27H32O4/c1-27-12-11-22-21-10-8-20(31-16-17-5-3-2-4-6-17)13-18(21)7-9-23(22)26(27)19(14-24(27)28)15-25(29)30/h2-6,8,10,13,19,22-24,26,28H,7,9,11-12,14-16H2,1H3,(H,29,30)/t19?,22?,23?,24-,26?,27+/m0/s1. The number of rotatable bonds is 5. The van der Waals surface area contributed by atoms with Crippen molar-refractivity contribution in [1.82, 2.24) is 0 Å². The third kappa shape index (κ3) is 3.65. The van der Waals surface area contributed by atoms with Crippen molar-refractivity contribution in [2.45, 2.75) is 64.1 Å². The summed E-state index contributed by atoms with van der Waals surface area (Å²) in [6, 6.07) is 16.8. The normalized spacial score (nSPS) is 33.8. The van der Waals surface area contributed by atoms with E-state index in [4.69, 9.17) is 4.74 Å². The minimum Gasteiger partial charge on any atom is -0.489 e. The molecule has 0 spiro atoms. The second-order valence-corrected chi connectivity index (χ2v) is 10.1. The molecule has 2 fully saturated rings. The number of benzene rings is 2. The fourth-order valence-electron chi connectivity index (χ4n) is 7.08. The zero-order valence-electron chi connectivity index (χ0n) is 18.2. The number of aliphatic hydroxyl groups excluding tert-OH is 1. The monoisotopic (exact) mass is 420 g/mol. The third-order valence-corrected chi connectivity index (χ3v) is 8.47. The van der Waals surface area contributed by atoms with E-state index < -0.39 is 5.97 Å². The second kappa shape index (κ2) is 7.98. The molecule has 4 nitrogen and oxygen atoms in total. The summed E-state index contributed by atoms with van der Waals surface area (Å²) in [6.45, 7) is 2.78. The van der Waals surface area contributed by atoms with E-state index in [-0.39, 0.29) is 23.9 Å². The molecule has 0 aromatic heterocycles. The average Bonchev–Trinajstić information content (AvgIpc) is 3.01. The summed E-state index contributed by atoms with van der Waals surface area (Å²) >= 11 is 0. The van der Waals surface area contributed by atoms with Crippen LogP contribution in [0.3, 0.4) is 0 Å². The van der Waals surface area contributed by atoms with Gasteiger partial charge in [0.25, 0.3) is 0 Å². The second-order valence-electron chi connectivity index (χ2n) is 10.1. The molecule has 6 atom stereocenters. The van der Waals surface area contributed by atoms with Crippen molar-refractivity contribution >= 4 is 5.97 Å². The van der Waals surface area contributed by atoms with Gasteiger partial charge in [-0.25, -0.2) is 0 Å². The van der Waals surface area contributed by atoms with Gasteiger partial charge in [0.05, 0.1) is 6.10 Å². The number of ether oxygens (including phenoxy) is 1. The highest BCUT2D eigenvalue weighted by molar-refractivity contribution is 5.67. The molecular formula is C27H32O4. The lowest BCUT2D eigenvalue weighted by Gasteiger charge is -2.51. The van der Waals surface area contributed by atoms with E-state index in [0.717, 1.165) is 37.0 Å². The minimum absolute atomic E-state index is 0.0836. The molecule has 3 aliphatic rings. The molecule has 31 heavy (non-hydrogen) atoms. The number of hydrogen-bond acceptors (Lipinski definition) is 3. The van der Waals surface area contributed by atoms with Crippen molar-refractivity contribution in [1.29, 1.82) is 0 Å². The van der Waals surface area contributed by atoms with Crippen molar-refractivity contribution in [3.63, 3.8) is 0 Å². The molecule has 0 saturated heterocycles. The Kier molecular flexibility index (Phi) is 5.29. The van der Waals surface area contributed by atoms with Crippen molar-refractivity contribution in [2.75, 3.05) is 0 Å². The SMILES string of the molecule is C[C@]12CCC3c4ccc(OCc5ccccc5)cc4CCC3C1C(CC(=O)O)C[C@@H]2O. The Bertz CT molecular complexity index is 955. The molecule has 0 aliphatic heterocycles. The van der Waals surface area contributed by atoms with Crippen LogP contribution in [-0.2, 0) is 17.8 Å². The topological polar surface area (TPSA) is 66.8 Å². The first-order valence-corrected chi connectivity index (χ1v) is 11.6.